The number of aromatic nitrogens is 1. The lowest BCUT2D eigenvalue weighted by Crippen LogP contribution is -2.34. The van der Waals surface area contributed by atoms with Crippen LogP contribution >= 0.6 is 0 Å². The van der Waals surface area contributed by atoms with Crippen LogP contribution in [0.25, 0.3) is 0 Å². The zero-order chi connectivity index (χ0) is 19.7. The third-order valence-corrected chi connectivity index (χ3v) is 4.56. The van der Waals surface area contributed by atoms with Crippen LogP contribution in [0.4, 0.5) is 20.2 Å². The third kappa shape index (κ3) is 5.38. The van der Waals surface area contributed by atoms with Gasteiger partial charge in [-0.1, -0.05) is 0 Å². The Kier molecular flexibility index (Phi) is 5.55. The molecule has 0 N–H and O–H groups in total. The van der Waals surface area contributed by atoms with Crippen LogP contribution in [0.1, 0.15) is 27.2 Å². The number of rotatable bonds is 4. The van der Waals surface area contributed by atoms with Crippen molar-refractivity contribution >= 4 is 33.7 Å². The molecule has 2 amide bonds. The van der Waals surface area contributed by atoms with Crippen LogP contribution in [0, 0.1) is 5.92 Å². The Bertz CT molecular complexity index is 789. The summed E-state index contributed by atoms with van der Waals surface area (Å²) in [5.74, 6) is -1.24. The van der Waals surface area contributed by atoms with E-state index in [2.05, 4.69) is 4.98 Å². The van der Waals surface area contributed by atoms with Gasteiger partial charge in [0.2, 0.25) is 5.91 Å². The van der Waals surface area contributed by atoms with E-state index in [0.717, 1.165) is 0 Å². The van der Waals surface area contributed by atoms with E-state index >= 15 is 0 Å². The third-order valence-electron chi connectivity index (χ3n) is 3.69. The highest BCUT2D eigenvalue weighted by molar-refractivity contribution is 7.86. The van der Waals surface area contributed by atoms with Gasteiger partial charge in [0.1, 0.15) is 11.4 Å². The quantitative estimate of drug-likeness (QED) is 0.734. The first kappa shape index (κ1) is 20.1. The average Bonchev–Trinajstić information content (AvgIpc) is 2.83. The number of pyridine rings is 1. The van der Waals surface area contributed by atoms with E-state index in [1.165, 1.54) is 23.0 Å². The molecule has 1 aliphatic rings. The Morgan fingerprint density at radius 3 is 2.58 bits per heavy atom. The summed E-state index contributed by atoms with van der Waals surface area (Å²) in [6, 6.07) is 3.14. The number of hydrogen-bond donors (Lipinski definition) is 0. The van der Waals surface area contributed by atoms with E-state index in [1.807, 2.05) is 0 Å². The molecule has 1 aromatic heterocycles. The van der Waals surface area contributed by atoms with E-state index in [9.17, 15) is 21.9 Å². The number of carbonyl (C=O) groups is 2. The topological polar surface area (TPSA) is 96.9 Å². The molecule has 0 saturated carbocycles. The predicted molar refractivity (Wildman–Crippen MR) is 94.2 cm³/mol. The monoisotopic (exact) mass is 387 g/mol. The van der Waals surface area contributed by atoms with Crippen molar-refractivity contribution in [2.24, 2.45) is 5.92 Å². The number of carbonyl (C=O) groups excluding carboxylic acids is 2. The Hall–Kier alpha value is -2.23. The summed E-state index contributed by atoms with van der Waals surface area (Å²) in [7, 11) is -3.12. The molecule has 2 heterocycles. The van der Waals surface area contributed by atoms with Gasteiger partial charge in [-0.15, -0.1) is 3.89 Å². The molecule has 1 aliphatic heterocycles. The largest absolute Gasteiger partial charge is 0.443 e. The van der Waals surface area contributed by atoms with Crippen LogP contribution < -0.4 is 9.80 Å². The van der Waals surface area contributed by atoms with Crippen LogP contribution in [0.3, 0.4) is 0 Å². The maximum absolute atomic E-state index is 12.8. The minimum atomic E-state index is -4.63. The average molecular weight is 387 g/mol. The van der Waals surface area contributed by atoms with E-state index in [-0.39, 0.29) is 18.9 Å². The van der Waals surface area contributed by atoms with Gasteiger partial charge in [-0.3, -0.25) is 9.69 Å². The lowest BCUT2D eigenvalue weighted by molar-refractivity contribution is -0.117. The number of halogens is 1. The zero-order valence-electron chi connectivity index (χ0n) is 15.1. The van der Waals surface area contributed by atoms with Crippen LogP contribution in [-0.4, -0.2) is 50.3 Å². The summed E-state index contributed by atoms with van der Waals surface area (Å²) in [6.45, 7) is 5.36. The summed E-state index contributed by atoms with van der Waals surface area (Å²) in [5.41, 5.74) is -0.186. The highest BCUT2D eigenvalue weighted by Crippen LogP contribution is 2.27. The Balaban J connectivity index is 2.07. The molecule has 0 aliphatic carbocycles. The number of nitrogens with zero attached hydrogens (tertiary/aromatic N) is 3. The van der Waals surface area contributed by atoms with Crippen molar-refractivity contribution in [3.05, 3.63) is 18.3 Å². The van der Waals surface area contributed by atoms with Crippen molar-refractivity contribution in [2.45, 2.75) is 32.8 Å². The number of anilines is 2. The number of ether oxygens (including phenoxy) is 1. The molecule has 1 fully saturated rings. The van der Waals surface area contributed by atoms with Gasteiger partial charge in [0.15, 0.2) is 0 Å². The lowest BCUT2D eigenvalue weighted by atomic mass is 10.1. The Morgan fingerprint density at radius 1 is 1.42 bits per heavy atom. The van der Waals surface area contributed by atoms with E-state index < -0.39 is 33.6 Å². The van der Waals surface area contributed by atoms with Crippen molar-refractivity contribution in [3.63, 3.8) is 0 Å². The normalized spacial score (nSPS) is 18.1. The minimum Gasteiger partial charge on any atom is -0.443 e. The second-order valence-corrected chi connectivity index (χ2v) is 8.60. The Labute approximate surface area is 152 Å². The van der Waals surface area contributed by atoms with E-state index in [4.69, 9.17) is 4.74 Å². The van der Waals surface area contributed by atoms with Gasteiger partial charge in [0.05, 0.1) is 17.6 Å². The highest BCUT2D eigenvalue weighted by atomic mass is 32.3. The van der Waals surface area contributed by atoms with Crippen molar-refractivity contribution in [3.8, 4) is 0 Å². The van der Waals surface area contributed by atoms with Gasteiger partial charge in [0, 0.05) is 25.9 Å². The lowest BCUT2D eigenvalue weighted by Gasteiger charge is -2.24. The molecule has 1 aromatic rings. The van der Waals surface area contributed by atoms with Gasteiger partial charge in [-0.05, 0) is 32.9 Å². The van der Waals surface area contributed by atoms with E-state index in [0.29, 0.717) is 11.5 Å². The molecule has 2 rings (SSSR count). The molecule has 0 bridgehead atoms. The second kappa shape index (κ2) is 7.18. The summed E-state index contributed by atoms with van der Waals surface area (Å²) >= 11 is 0. The van der Waals surface area contributed by atoms with Gasteiger partial charge >= 0.3 is 16.3 Å². The first-order valence-corrected chi connectivity index (χ1v) is 9.56. The van der Waals surface area contributed by atoms with Crippen molar-refractivity contribution < 1.29 is 26.6 Å². The van der Waals surface area contributed by atoms with Crippen molar-refractivity contribution in [2.75, 3.05) is 29.1 Å². The van der Waals surface area contributed by atoms with Gasteiger partial charge in [-0.25, -0.2) is 9.78 Å². The van der Waals surface area contributed by atoms with Crippen molar-refractivity contribution in [1.29, 1.82) is 0 Å². The molecule has 1 saturated heterocycles. The smallest absolute Gasteiger partial charge is 0.415 e. The second-order valence-electron chi connectivity index (χ2n) is 7.19. The number of amides is 2. The van der Waals surface area contributed by atoms with Gasteiger partial charge in [0.25, 0.3) is 0 Å². The van der Waals surface area contributed by atoms with Crippen LogP contribution in [0.2, 0.25) is 0 Å². The van der Waals surface area contributed by atoms with Crippen LogP contribution in [0.15, 0.2) is 18.3 Å². The molecule has 144 valence electrons. The SMILES string of the molecule is CN(C(=O)OC(C)(C)C)c1ccc(N2CC(CS(=O)(=O)F)CC2=O)cn1. The summed E-state index contributed by atoms with van der Waals surface area (Å²) in [5, 5.41) is 0. The molecule has 0 radical (unpaired) electrons. The van der Waals surface area contributed by atoms with E-state index in [1.54, 1.807) is 32.9 Å². The maximum atomic E-state index is 12.8. The van der Waals surface area contributed by atoms with Gasteiger partial charge < -0.3 is 9.64 Å². The molecular formula is C16H22FN3O5S. The standard InChI is InChI=1S/C16H22FN3O5S/c1-16(2,3)25-15(22)19(4)13-6-5-12(8-18-13)20-9-11(7-14(20)21)10-26(17,23)24/h5-6,8,11H,7,9-10H2,1-4H3. The first-order valence-electron chi connectivity index (χ1n) is 8.01. The fourth-order valence-electron chi connectivity index (χ4n) is 2.58. The first-order chi connectivity index (χ1) is 11.9. The molecule has 0 spiro atoms. The molecular weight excluding hydrogens is 365 g/mol. The molecule has 8 nitrogen and oxygen atoms in total. The summed E-state index contributed by atoms with van der Waals surface area (Å²) in [6.07, 6.45) is 0.798. The summed E-state index contributed by atoms with van der Waals surface area (Å²) < 4.78 is 39.6. The van der Waals surface area contributed by atoms with Crippen LogP contribution in [-0.2, 0) is 19.8 Å². The molecule has 0 aromatic carbocycles. The van der Waals surface area contributed by atoms with Crippen LogP contribution in [0.5, 0.6) is 0 Å². The zero-order valence-corrected chi connectivity index (χ0v) is 15.9. The fourth-order valence-corrected chi connectivity index (χ4v) is 3.37. The van der Waals surface area contributed by atoms with Crippen molar-refractivity contribution in [1.82, 2.24) is 4.98 Å². The molecule has 1 atom stereocenters. The molecule has 26 heavy (non-hydrogen) atoms. The minimum absolute atomic E-state index is 0.0390. The molecule has 10 heteroatoms. The Morgan fingerprint density at radius 2 is 2.08 bits per heavy atom. The summed E-state index contributed by atoms with van der Waals surface area (Å²) in [4.78, 5) is 30.8. The maximum Gasteiger partial charge on any atom is 0.415 e. The van der Waals surface area contributed by atoms with Gasteiger partial charge in [-0.2, -0.15) is 8.42 Å². The molecule has 1 unspecified atom stereocenters. The fraction of sp³-hybridized carbons (Fsp3) is 0.562. The number of hydrogen-bond acceptors (Lipinski definition) is 6. The highest BCUT2D eigenvalue weighted by Gasteiger charge is 2.34. The predicted octanol–water partition coefficient (Wildman–Crippen LogP) is 2.11.